The van der Waals surface area contributed by atoms with E-state index in [4.69, 9.17) is 9.47 Å². The molecule has 5 atom stereocenters. The molecule has 2 bridgehead atoms. The number of hydrogen-bond donors (Lipinski definition) is 2. The van der Waals surface area contributed by atoms with E-state index < -0.39 is 47.8 Å². The Morgan fingerprint density at radius 1 is 1.35 bits per heavy atom. The standard InChI is InChI=1S/C21H18F3N3O4/c1-30-16-6-10(4-5-26-16)17-18(15-8-14(28)19(17)31-15)20(29)27-13-7-12(21(22,23)24)3-2-11(13)9-25/h2-7,14-15,17-19,28H,8H2,1H3,(H,27,29)/t14-,15+,17+,18-,19-/m0/s1. The average Bonchev–Trinajstić information content (AvgIpc) is 3.30. The molecule has 31 heavy (non-hydrogen) atoms. The molecule has 1 aromatic heterocycles. The number of carbonyl (C=O) groups is 1. The van der Waals surface area contributed by atoms with E-state index in [9.17, 15) is 28.3 Å². The van der Waals surface area contributed by atoms with Crippen molar-refractivity contribution in [2.45, 2.75) is 36.8 Å². The lowest BCUT2D eigenvalue weighted by atomic mass is 9.74. The van der Waals surface area contributed by atoms with Crippen molar-refractivity contribution in [3.05, 3.63) is 53.2 Å². The molecule has 162 valence electrons. The van der Waals surface area contributed by atoms with Crippen molar-refractivity contribution < 1.29 is 32.5 Å². The minimum Gasteiger partial charge on any atom is -0.481 e. The van der Waals surface area contributed by atoms with Crippen LogP contribution in [0.15, 0.2) is 36.5 Å². The highest BCUT2D eigenvalue weighted by molar-refractivity contribution is 5.95. The van der Waals surface area contributed by atoms with Gasteiger partial charge in [-0.05, 0) is 29.8 Å². The van der Waals surface area contributed by atoms with Crippen molar-refractivity contribution in [1.29, 1.82) is 5.26 Å². The second-order valence-electron chi connectivity index (χ2n) is 7.48. The number of nitriles is 1. The van der Waals surface area contributed by atoms with Gasteiger partial charge in [0.2, 0.25) is 11.8 Å². The van der Waals surface area contributed by atoms with Crippen molar-refractivity contribution in [3.8, 4) is 11.9 Å². The molecule has 3 heterocycles. The first-order chi connectivity index (χ1) is 14.7. The van der Waals surface area contributed by atoms with E-state index in [1.807, 2.05) is 0 Å². The molecule has 2 aliphatic heterocycles. The molecule has 4 rings (SSSR count). The van der Waals surface area contributed by atoms with Crippen LogP contribution < -0.4 is 10.1 Å². The van der Waals surface area contributed by atoms with Crippen LogP contribution >= 0.6 is 0 Å². The van der Waals surface area contributed by atoms with Crippen molar-refractivity contribution >= 4 is 11.6 Å². The number of aliphatic hydroxyl groups is 1. The molecular weight excluding hydrogens is 415 g/mol. The predicted molar refractivity (Wildman–Crippen MR) is 101 cm³/mol. The summed E-state index contributed by atoms with van der Waals surface area (Å²) >= 11 is 0. The summed E-state index contributed by atoms with van der Waals surface area (Å²) in [6.45, 7) is 0. The van der Waals surface area contributed by atoms with Gasteiger partial charge in [-0.2, -0.15) is 18.4 Å². The predicted octanol–water partition coefficient (Wildman–Crippen LogP) is 2.85. The van der Waals surface area contributed by atoms with Crippen molar-refractivity contribution in [2.75, 3.05) is 12.4 Å². The number of aliphatic hydroxyl groups excluding tert-OH is 1. The monoisotopic (exact) mass is 433 g/mol. The third-order valence-corrected chi connectivity index (χ3v) is 5.71. The normalized spacial score (nSPS) is 27.0. The Balaban J connectivity index is 1.67. The number of nitrogens with one attached hydrogen (secondary N) is 1. The highest BCUT2D eigenvalue weighted by Gasteiger charge is 2.57. The maximum absolute atomic E-state index is 13.2. The summed E-state index contributed by atoms with van der Waals surface area (Å²) in [5, 5.41) is 22.0. The zero-order chi connectivity index (χ0) is 22.3. The molecule has 1 aromatic carbocycles. The Morgan fingerprint density at radius 2 is 2.13 bits per heavy atom. The molecule has 1 amide bonds. The molecule has 7 nitrogen and oxygen atoms in total. The number of halogens is 3. The maximum Gasteiger partial charge on any atom is 0.416 e. The number of amides is 1. The number of benzene rings is 1. The van der Waals surface area contributed by atoms with Crippen molar-refractivity contribution in [3.63, 3.8) is 0 Å². The highest BCUT2D eigenvalue weighted by atomic mass is 19.4. The van der Waals surface area contributed by atoms with Gasteiger partial charge in [0.15, 0.2) is 0 Å². The van der Waals surface area contributed by atoms with Gasteiger partial charge in [0.05, 0.1) is 48.2 Å². The summed E-state index contributed by atoms with van der Waals surface area (Å²) in [5.74, 6) is -1.60. The van der Waals surface area contributed by atoms with E-state index in [1.54, 1.807) is 18.2 Å². The lowest BCUT2D eigenvalue weighted by molar-refractivity contribution is -0.137. The van der Waals surface area contributed by atoms with Crippen LogP contribution in [0.1, 0.15) is 29.0 Å². The fourth-order valence-electron chi connectivity index (χ4n) is 4.32. The summed E-state index contributed by atoms with van der Waals surface area (Å²) in [7, 11) is 1.44. The molecule has 2 saturated heterocycles. The third-order valence-electron chi connectivity index (χ3n) is 5.71. The van der Waals surface area contributed by atoms with Gasteiger partial charge >= 0.3 is 6.18 Å². The van der Waals surface area contributed by atoms with Crippen LogP contribution in [0.3, 0.4) is 0 Å². The van der Waals surface area contributed by atoms with E-state index in [0.717, 1.165) is 18.2 Å². The first kappa shape index (κ1) is 21.1. The van der Waals surface area contributed by atoms with Crippen molar-refractivity contribution in [2.24, 2.45) is 5.92 Å². The van der Waals surface area contributed by atoms with Crippen LogP contribution in [0.25, 0.3) is 0 Å². The Labute approximate surface area is 175 Å². The SMILES string of the molecule is COc1cc([C@H]2[C@H]3O[C@H](C[C@@H]3O)[C@@H]2C(=O)Nc2cc(C(F)(F)F)ccc2C#N)ccn1. The molecule has 0 radical (unpaired) electrons. The van der Waals surface area contributed by atoms with Crippen LogP contribution in [0.4, 0.5) is 18.9 Å². The number of alkyl halides is 3. The Morgan fingerprint density at radius 3 is 2.81 bits per heavy atom. The number of fused-ring (bicyclic) bond motifs is 2. The van der Waals surface area contributed by atoms with Gasteiger partial charge in [0.25, 0.3) is 0 Å². The molecule has 0 unspecified atom stereocenters. The first-order valence-corrected chi connectivity index (χ1v) is 9.48. The number of carbonyl (C=O) groups excluding carboxylic acids is 1. The summed E-state index contributed by atoms with van der Waals surface area (Å²) in [6.07, 6.45) is -4.92. The van der Waals surface area contributed by atoms with Crippen molar-refractivity contribution in [1.82, 2.24) is 4.98 Å². The number of hydrogen-bond acceptors (Lipinski definition) is 6. The number of pyridine rings is 1. The zero-order valence-electron chi connectivity index (χ0n) is 16.3. The molecule has 0 aliphatic carbocycles. The molecular formula is C21H18F3N3O4. The molecule has 10 heteroatoms. The first-order valence-electron chi connectivity index (χ1n) is 9.48. The average molecular weight is 433 g/mol. The van der Waals surface area contributed by atoms with Gasteiger partial charge in [-0.3, -0.25) is 4.79 Å². The highest BCUT2D eigenvalue weighted by Crippen LogP contribution is 2.49. The lowest BCUT2D eigenvalue weighted by Crippen LogP contribution is -2.41. The Hall–Kier alpha value is -3.16. The van der Waals surface area contributed by atoms with E-state index in [0.29, 0.717) is 11.4 Å². The van der Waals surface area contributed by atoms with E-state index in [-0.39, 0.29) is 17.7 Å². The Bertz CT molecular complexity index is 1050. The number of nitrogens with zero attached hydrogens (tertiary/aromatic N) is 2. The maximum atomic E-state index is 13.2. The molecule has 0 saturated carbocycles. The zero-order valence-corrected chi connectivity index (χ0v) is 16.3. The quantitative estimate of drug-likeness (QED) is 0.769. The topological polar surface area (TPSA) is 104 Å². The van der Waals surface area contributed by atoms with Gasteiger partial charge in [-0.15, -0.1) is 0 Å². The minimum atomic E-state index is -4.62. The van der Waals surface area contributed by atoms with Gasteiger partial charge < -0.3 is 19.9 Å². The molecule has 0 spiro atoms. The lowest BCUT2D eigenvalue weighted by Gasteiger charge is -2.30. The molecule has 2 N–H and O–H groups in total. The summed E-state index contributed by atoms with van der Waals surface area (Å²) in [6, 6.07) is 7.65. The second kappa shape index (κ2) is 7.83. The molecule has 2 aliphatic rings. The van der Waals surface area contributed by atoms with Crippen LogP contribution in [0, 0.1) is 17.2 Å². The van der Waals surface area contributed by atoms with E-state index in [1.165, 1.54) is 13.3 Å². The second-order valence-corrected chi connectivity index (χ2v) is 7.48. The number of aromatic nitrogens is 1. The molecule has 2 fully saturated rings. The fourth-order valence-corrected chi connectivity index (χ4v) is 4.32. The van der Waals surface area contributed by atoms with Gasteiger partial charge in [0, 0.05) is 24.6 Å². The van der Waals surface area contributed by atoms with Crippen LogP contribution in [0.5, 0.6) is 5.88 Å². The van der Waals surface area contributed by atoms with Crippen LogP contribution in [-0.2, 0) is 15.7 Å². The van der Waals surface area contributed by atoms with E-state index >= 15 is 0 Å². The summed E-state index contributed by atoms with van der Waals surface area (Å²) in [5.41, 5.74) is -0.635. The number of anilines is 1. The number of methoxy groups -OCH3 is 1. The van der Waals surface area contributed by atoms with E-state index in [2.05, 4.69) is 10.3 Å². The van der Waals surface area contributed by atoms with Crippen LogP contribution in [-0.4, -0.2) is 41.4 Å². The number of ether oxygens (including phenoxy) is 2. The van der Waals surface area contributed by atoms with Gasteiger partial charge in [0.1, 0.15) is 6.07 Å². The van der Waals surface area contributed by atoms with Gasteiger partial charge in [-0.1, -0.05) is 0 Å². The smallest absolute Gasteiger partial charge is 0.416 e. The Kier molecular flexibility index (Phi) is 5.33. The number of rotatable bonds is 4. The third kappa shape index (κ3) is 3.82. The summed E-state index contributed by atoms with van der Waals surface area (Å²) < 4.78 is 50.2. The minimum absolute atomic E-state index is 0.0902. The van der Waals surface area contributed by atoms with Crippen LogP contribution in [0.2, 0.25) is 0 Å². The fraction of sp³-hybridized carbons (Fsp3) is 0.381. The van der Waals surface area contributed by atoms with Gasteiger partial charge in [-0.25, -0.2) is 4.98 Å². The molecule has 2 aromatic rings. The largest absolute Gasteiger partial charge is 0.481 e. The summed E-state index contributed by atoms with van der Waals surface area (Å²) in [4.78, 5) is 17.2.